The van der Waals surface area contributed by atoms with Crippen molar-refractivity contribution in [1.29, 1.82) is 0 Å². The van der Waals surface area contributed by atoms with Crippen LogP contribution in [0.2, 0.25) is 0 Å². The molecule has 0 fully saturated rings. The van der Waals surface area contributed by atoms with Gasteiger partial charge in [-0.05, 0) is 35.9 Å². The maximum Gasteiger partial charge on any atom is 0.0876 e. The highest BCUT2D eigenvalue weighted by Crippen LogP contribution is 2.19. The molecule has 0 saturated carbocycles. The van der Waals surface area contributed by atoms with E-state index < -0.39 is 0 Å². The summed E-state index contributed by atoms with van der Waals surface area (Å²) in [6.45, 7) is 0.765. The molecule has 1 N–H and O–H groups in total. The van der Waals surface area contributed by atoms with Crippen molar-refractivity contribution >= 4 is 5.69 Å². The van der Waals surface area contributed by atoms with Crippen LogP contribution < -0.4 is 5.32 Å². The Kier molecular flexibility index (Phi) is 3.23. The standard InChI is InChI=1S/C15H14N4/c1-2-5-15(19-11-3-8-18-19)14(4-1)17-12-13-6-9-16-10-7-13/h1-11,17H,12H2. The van der Waals surface area contributed by atoms with E-state index in [2.05, 4.69) is 21.5 Å². The van der Waals surface area contributed by atoms with Crippen LogP contribution in [-0.4, -0.2) is 14.8 Å². The first-order valence-electron chi connectivity index (χ1n) is 6.15. The molecule has 0 aliphatic heterocycles. The van der Waals surface area contributed by atoms with Crippen LogP contribution in [0.3, 0.4) is 0 Å². The number of hydrogen-bond donors (Lipinski definition) is 1. The second-order valence-corrected chi connectivity index (χ2v) is 4.18. The minimum absolute atomic E-state index is 0.765. The second kappa shape index (κ2) is 5.35. The minimum Gasteiger partial charge on any atom is -0.379 e. The van der Waals surface area contributed by atoms with Crippen LogP contribution in [0.4, 0.5) is 5.69 Å². The van der Waals surface area contributed by atoms with E-state index >= 15 is 0 Å². The molecule has 1 aromatic carbocycles. The fourth-order valence-electron chi connectivity index (χ4n) is 1.93. The number of aromatic nitrogens is 3. The van der Waals surface area contributed by atoms with E-state index in [1.807, 2.05) is 47.3 Å². The topological polar surface area (TPSA) is 42.7 Å². The summed E-state index contributed by atoms with van der Waals surface area (Å²) >= 11 is 0. The first-order chi connectivity index (χ1) is 9.43. The molecule has 0 aliphatic carbocycles. The number of anilines is 1. The van der Waals surface area contributed by atoms with Crippen LogP contribution in [0.15, 0.2) is 67.3 Å². The molecule has 2 heterocycles. The molecule has 0 amide bonds. The highest BCUT2D eigenvalue weighted by Gasteiger charge is 2.03. The minimum atomic E-state index is 0.765. The second-order valence-electron chi connectivity index (χ2n) is 4.18. The summed E-state index contributed by atoms with van der Waals surface area (Å²) < 4.78 is 1.86. The van der Waals surface area contributed by atoms with E-state index in [1.165, 1.54) is 5.56 Å². The predicted molar refractivity (Wildman–Crippen MR) is 75.1 cm³/mol. The van der Waals surface area contributed by atoms with Gasteiger partial charge in [0, 0.05) is 31.3 Å². The van der Waals surface area contributed by atoms with Crippen molar-refractivity contribution in [3.63, 3.8) is 0 Å². The molecule has 0 atom stereocenters. The molecule has 0 saturated heterocycles. The monoisotopic (exact) mass is 250 g/mol. The Morgan fingerprint density at radius 3 is 2.58 bits per heavy atom. The number of para-hydroxylation sites is 2. The first kappa shape index (κ1) is 11.5. The number of nitrogens with one attached hydrogen (secondary N) is 1. The fraction of sp³-hybridized carbons (Fsp3) is 0.0667. The normalized spacial score (nSPS) is 10.3. The van der Waals surface area contributed by atoms with Crippen LogP contribution in [0, 0.1) is 0 Å². The van der Waals surface area contributed by atoms with Crippen molar-refractivity contribution in [2.75, 3.05) is 5.32 Å². The fourth-order valence-corrected chi connectivity index (χ4v) is 1.93. The van der Waals surface area contributed by atoms with Crippen molar-refractivity contribution in [1.82, 2.24) is 14.8 Å². The molecule has 0 unspecified atom stereocenters. The largest absolute Gasteiger partial charge is 0.379 e. The first-order valence-corrected chi connectivity index (χ1v) is 6.15. The smallest absolute Gasteiger partial charge is 0.0876 e. The van der Waals surface area contributed by atoms with Gasteiger partial charge in [0.1, 0.15) is 0 Å². The zero-order valence-corrected chi connectivity index (χ0v) is 10.4. The summed E-state index contributed by atoms with van der Waals surface area (Å²) in [6.07, 6.45) is 7.32. The molecular formula is C15H14N4. The van der Waals surface area contributed by atoms with E-state index in [0.717, 1.165) is 17.9 Å². The molecule has 19 heavy (non-hydrogen) atoms. The van der Waals surface area contributed by atoms with Crippen molar-refractivity contribution in [2.24, 2.45) is 0 Å². The quantitative estimate of drug-likeness (QED) is 0.774. The number of rotatable bonds is 4. The van der Waals surface area contributed by atoms with Crippen molar-refractivity contribution < 1.29 is 0 Å². The van der Waals surface area contributed by atoms with E-state index in [9.17, 15) is 0 Å². The Bertz CT molecular complexity index is 632. The lowest BCUT2D eigenvalue weighted by atomic mass is 10.2. The van der Waals surface area contributed by atoms with E-state index in [-0.39, 0.29) is 0 Å². The van der Waals surface area contributed by atoms with Gasteiger partial charge in [-0.1, -0.05) is 12.1 Å². The van der Waals surface area contributed by atoms with Crippen molar-refractivity contribution in [3.05, 3.63) is 72.8 Å². The highest BCUT2D eigenvalue weighted by atomic mass is 15.3. The summed E-state index contributed by atoms with van der Waals surface area (Å²) in [5.74, 6) is 0. The molecular weight excluding hydrogens is 236 g/mol. The Balaban J connectivity index is 1.82. The lowest BCUT2D eigenvalue weighted by Crippen LogP contribution is -2.04. The van der Waals surface area contributed by atoms with Crippen molar-refractivity contribution in [2.45, 2.75) is 6.54 Å². The van der Waals surface area contributed by atoms with Crippen LogP contribution >= 0.6 is 0 Å². The molecule has 4 nitrogen and oxygen atoms in total. The Morgan fingerprint density at radius 2 is 1.79 bits per heavy atom. The summed E-state index contributed by atoms with van der Waals surface area (Å²) in [5.41, 5.74) is 3.30. The Labute approximate surface area is 111 Å². The van der Waals surface area contributed by atoms with Crippen LogP contribution in [0.25, 0.3) is 5.69 Å². The van der Waals surface area contributed by atoms with Crippen LogP contribution in [-0.2, 0) is 6.54 Å². The maximum atomic E-state index is 4.27. The third-order valence-corrected chi connectivity index (χ3v) is 2.89. The number of pyridine rings is 1. The molecule has 0 radical (unpaired) electrons. The number of nitrogens with zero attached hydrogens (tertiary/aromatic N) is 3. The van der Waals surface area contributed by atoms with Crippen LogP contribution in [0.5, 0.6) is 0 Å². The van der Waals surface area contributed by atoms with Gasteiger partial charge in [0.2, 0.25) is 0 Å². The Hall–Kier alpha value is -2.62. The average Bonchev–Trinajstić information content (AvgIpc) is 3.01. The van der Waals surface area contributed by atoms with Gasteiger partial charge in [-0.3, -0.25) is 4.98 Å². The third kappa shape index (κ3) is 2.63. The summed E-state index contributed by atoms with van der Waals surface area (Å²) in [4.78, 5) is 4.02. The van der Waals surface area contributed by atoms with Gasteiger partial charge in [0.05, 0.1) is 11.4 Å². The Morgan fingerprint density at radius 1 is 0.947 bits per heavy atom. The zero-order chi connectivity index (χ0) is 12.9. The molecule has 2 aromatic heterocycles. The van der Waals surface area contributed by atoms with Crippen LogP contribution in [0.1, 0.15) is 5.56 Å². The molecule has 94 valence electrons. The summed E-state index contributed by atoms with van der Waals surface area (Å²) in [6, 6.07) is 14.0. The van der Waals surface area contributed by atoms with Gasteiger partial charge in [0.15, 0.2) is 0 Å². The molecule has 3 rings (SSSR count). The highest BCUT2D eigenvalue weighted by molar-refractivity contribution is 5.60. The van der Waals surface area contributed by atoms with Gasteiger partial charge in [0.25, 0.3) is 0 Å². The van der Waals surface area contributed by atoms with E-state index in [0.29, 0.717) is 0 Å². The SMILES string of the molecule is c1ccc(-n2cccn2)c(NCc2ccncc2)c1. The maximum absolute atomic E-state index is 4.27. The van der Waals surface area contributed by atoms with Gasteiger partial charge in [-0.2, -0.15) is 5.10 Å². The number of hydrogen-bond acceptors (Lipinski definition) is 3. The summed E-state index contributed by atoms with van der Waals surface area (Å²) in [5, 5.41) is 7.70. The average molecular weight is 250 g/mol. The molecule has 4 heteroatoms. The number of benzene rings is 1. The summed E-state index contributed by atoms with van der Waals surface area (Å²) in [7, 11) is 0. The molecule has 3 aromatic rings. The van der Waals surface area contributed by atoms with E-state index in [4.69, 9.17) is 0 Å². The van der Waals surface area contributed by atoms with Gasteiger partial charge in [-0.25, -0.2) is 4.68 Å². The van der Waals surface area contributed by atoms with Gasteiger partial charge < -0.3 is 5.32 Å². The third-order valence-electron chi connectivity index (χ3n) is 2.89. The molecule has 0 bridgehead atoms. The lowest BCUT2D eigenvalue weighted by Gasteiger charge is -2.11. The van der Waals surface area contributed by atoms with Gasteiger partial charge >= 0.3 is 0 Å². The van der Waals surface area contributed by atoms with Gasteiger partial charge in [-0.15, -0.1) is 0 Å². The molecule has 0 spiro atoms. The zero-order valence-electron chi connectivity index (χ0n) is 10.4. The molecule has 0 aliphatic rings. The van der Waals surface area contributed by atoms with E-state index in [1.54, 1.807) is 18.6 Å². The predicted octanol–water partition coefficient (Wildman–Crippen LogP) is 2.88. The lowest BCUT2D eigenvalue weighted by molar-refractivity contribution is 0.879. The van der Waals surface area contributed by atoms with Crippen molar-refractivity contribution in [3.8, 4) is 5.69 Å².